The number of nitrogens with zero attached hydrogens (tertiary/aromatic N) is 1. The Morgan fingerprint density at radius 2 is 2.35 bits per heavy atom. The maximum atomic E-state index is 12.0. The maximum Gasteiger partial charge on any atom is 0.317 e. The number of carboxylic acid groups (broad SMARTS) is 1. The fourth-order valence-corrected chi connectivity index (χ4v) is 2.91. The van der Waals surface area contributed by atoms with Gasteiger partial charge in [0.15, 0.2) is 0 Å². The van der Waals surface area contributed by atoms with Crippen LogP contribution in [0.5, 0.6) is 0 Å². The van der Waals surface area contributed by atoms with Crippen LogP contribution in [0.1, 0.15) is 16.2 Å². The van der Waals surface area contributed by atoms with E-state index in [9.17, 15) is 9.59 Å². The van der Waals surface area contributed by atoms with Crippen molar-refractivity contribution in [3.8, 4) is 0 Å². The van der Waals surface area contributed by atoms with E-state index < -0.39 is 12.1 Å². The number of urea groups is 1. The Hall–Kier alpha value is -1.60. The molecule has 1 aromatic rings. The number of nitrogens with one attached hydrogen (secondary N) is 1. The number of carboxylic acids is 1. The summed E-state index contributed by atoms with van der Waals surface area (Å²) in [6.07, 6.45) is -0.496. The van der Waals surface area contributed by atoms with Crippen LogP contribution in [0, 0.1) is 6.92 Å². The maximum absolute atomic E-state index is 12.0. The molecule has 20 heavy (non-hydrogen) atoms. The van der Waals surface area contributed by atoms with Gasteiger partial charge in [-0.05, 0) is 19.1 Å². The minimum absolute atomic E-state index is 0.0755. The molecule has 0 bridgehead atoms. The molecule has 1 unspecified atom stereocenters. The van der Waals surface area contributed by atoms with Crippen molar-refractivity contribution in [3.05, 3.63) is 21.9 Å². The van der Waals surface area contributed by atoms with Gasteiger partial charge in [-0.2, -0.15) is 0 Å². The van der Waals surface area contributed by atoms with Crippen LogP contribution in [0.25, 0.3) is 0 Å². The smallest absolute Gasteiger partial charge is 0.317 e. The highest BCUT2D eigenvalue weighted by Gasteiger charge is 2.25. The van der Waals surface area contributed by atoms with Gasteiger partial charge in [-0.25, -0.2) is 4.79 Å². The molecule has 0 saturated carbocycles. The van der Waals surface area contributed by atoms with Crippen LogP contribution >= 0.6 is 11.3 Å². The number of amides is 2. The third kappa shape index (κ3) is 4.21. The molecular weight excluding hydrogens is 280 g/mol. The lowest BCUT2D eigenvalue weighted by Gasteiger charge is -2.32. The lowest BCUT2D eigenvalue weighted by atomic mass is 10.2. The minimum Gasteiger partial charge on any atom is -0.481 e. The van der Waals surface area contributed by atoms with E-state index in [1.54, 1.807) is 16.2 Å². The second kappa shape index (κ2) is 6.71. The molecule has 110 valence electrons. The first kappa shape index (κ1) is 14.8. The zero-order valence-electron chi connectivity index (χ0n) is 11.3. The van der Waals surface area contributed by atoms with Crippen molar-refractivity contribution in [1.82, 2.24) is 10.2 Å². The summed E-state index contributed by atoms with van der Waals surface area (Å²) in [5.41, 5.74) is 0. The second-order valence-corrected chi connectivity index (χ2v) is 6.08. The number of aryl methyl sites for hydroxylation is 1. The molecule has 2 rings (SSSR count). The Bertz CT molecular complexity index is 488. The van der Waals surface area contributed by atoms with Crippen LogP contribution in [0.15, 0.2) is 12.1 Å². The Kier molecular flexibility index (Phi) is 4.97. The highest BCUT2D eigenvalue weighted by molar-refractivity contribution is 7.11. The Balaban J connectivity index is 1.81. The van der Waals surface area contributed by atoms with Crippen molar-refractivity contribution >= 4 is 23.3 Å². The van der Waals surface area contributed by atoms with E-state index in [4.69, 9.17) is 9.84 Å². The topological polar surface area (TPSA) is 78.9 Å². The van der Waals surface area contributed by atoms with Crippen molar-refractivity contribution in [2.24, 2.45) is 0 Å². The molecular formula is C13H18N2O4S. The SMILES string of the molecule is Cc1ccc(CNC(=O)N2CCOC(CC(=O)O)C2)s1. The van der Waals surface area contributed by atoms with Crippen LogP contribution in [-0.2, 0) is 16.1 Å². The Morgan fingerprint density at radius 1 is 1.55 bits per heavy atom. The van der Waals surface area contributed by atoms with Crippen molar-refractivity contribution < 1.29 is 19.4 Å². The number of morpholine rings is 1. The van der Waals surface area contributed by atoms with E-state index in [0.717, 1.165) is 4.88 Å². The lowest BCUT2D eigenvalue weighted by Crippen LogP contribution is -2.49. The predicted molar refractivity (Wildman–Crippen MR) is 74.9 cm³/mol. The third-order valence-corrected chi connectivity index (χ3v) is 4.04. The summed E-state index contributed by atoms with van der Waals surface area (Å²) in [5.74, 6) is -0.911. The summed E-state index contributed by atoms with van der Waals surface area (Å²) in [4.78, 5) is 26.6. The van der Waals surface area contributed by atoms with Crippen molar-refractivity contribution in [2.45, 2.75) is 26.0 Å². The molecule has 0 radical (unpaired) electrons. The summed E-state index contributed by atoms with van der Waals surface area (Å²) in [6.45, 7) is 3.71. The van der Waals surface area contributed by atoms with E-state index in [2.05, 4.69) is 5.32 Å². The molecule has 0 spiro atoms. The average Bonchev–Trinajstić information content (AvgIpc) is 2.81. The minimum atomic E-state index is -0.911. The normalized spacial score (nSPS) is 18.9. The number of ether oxygens (including phenoxy) is 1. The molecule has 1 saturated heterocycles. The first-order valence-electron chi connectivity index (χ1n) is 6.46. The molecule has 7 heteroatoms. The number of aliphatic carboxylic acids is 1. The highest BCUT2D eigenvalue weighted by Crippen LogP contribution is 2.15. The van der Waals surface area contributed by atoms with E-state index >= 15 is 0 Å². The molecule has 2 amide bonds. The molecule has 2 N–H and O–H groups in total. The summed E-state index contributed by atoms with van der Waals surface area (Å²) < 4.78 is 5.33. The number of rotatable bonds is 4. The third-order valence-electron chi connectivity index (χ3n) is 3.04. The molecule has 1 aliphatic rings. The van der Waals surface area contributed by atoms with E-state index in [0.29, 0.717) is 26.2 Å². The zero-order valence-corrected chi connectivity index (χ0v) is 12.1. The van der Waals surface area contributed by atoms with Gasteiger partial charge in [-0.15, -0.1) is 11.3 Å². The molecule has 1 aromatic heterocycles. The second-order valence-electron chi connectivity index (χ2n) is 4.71. The van der Waals surface area contributed by atoms with Gasteiger partial charge < -0.3 is 20.1 Å². The number of carbonyl (C=O) groups is 2. The predicted octanol–water partition coefficient (Wildman–Crippen LogP) is 1.44. The fraction of sp³-hybridized carbons (Fsp3) is 0.538. The van der Waals surface area contributed by atoms with Crippen LogP contribution < -0.4 is 5.32 Å². The van der Waals surface area contributed by atoms with Gasteiger partial charge in [0.1, 0.15) is 0 Å². The first-order chi connectivity index (χ1) is 9.54. The summed E-state index contributed by atoms with van der Waals surface area (Å²) in [5, 5.41) is 11.6. The van der Waals surface area contributed by atoms with Crippen molar-refractivity contribution in [1.29, 1.82) is 0 Å². The zero-order chi connectivity index (χ0) is 14.5. The number of carbonyl (C=O) groups excluding carboxylic acids is 1. The molecule has 1 atom stereocenters. The van der Waals surface area contributed by atoms with Gasteiger partial charge in [0.2, 0.25) is 0 Å². The number of hydrogen-bond acceptors (Lipinski definition) is 4. The lowest BCUT2D eigenvalue weighted by molar-refractivity contribution is -0.141. The van der Waals surface area contributed by atoms with Gasteiger partial charge in [0.05, 0.1) is 25.7 Å². The van der Waals surface area contributed by atoms with Gasteiger partial charge in [0, 0.05) is 22.8 Å². The van der Waals surface area contributed by atoms with Crippen molar-refractivity contribution in [2.75, 3.05) is 19.7 Å². The highest BCUT2D eigenvalue weighted by atomic mass is 32.1. The summed E-state index contributed by atoms with van der Waals surface area (Å²) in [7, 11) is 0. The van der Waals surface area contributed by atoms with Gasteiger partial charge in [-0.1, -0.05) is 0 Å². The van der Waals surface area contributed by atoms with Gasteiger partial charge in [-0.3, -0.25) is 4.79 Å². The van der Waals surface area contributed by atoms with Crippen LogP contribution in [0.3, 0.4) is 0 Å². The van der Waals surface area contributed by atoms with Crippen molar-refractivity contribution in [3.63, 3.8) is 0 Å². The summed E-state index contributed by atoms with van der Waals surface area (Å²) in [6, 6.07) is 3.84. The molecule has 0 aromatic carbocycles. The summed E-state index contributed by atoms with van der Waals surface area (Å²) >= 11 is 1.65. The Morgan fingerprint density at radius 3 is 3.00 bits per heavy atom. The van der Waals surface area contributed by atoms with Gasteiger partial charge >= 0.3 is 12.0 Å². The van der Waals surface area contributed by atoms with Crippen LogP contribution in [-0.4, -0.2) is 47.8 Å². The average molecular weight is 298 g/mol. The molecule has 0 aliphatic carbocycles. The van der Waals surface area contributed by atoms with Crippen LogP contribution in [0.4, 0.5) is 4.79 Å². The van der Waals surface area contributed by atoms with E-state index in [1.807, 2.05) is 19.1 Å². The van der Waals surface area contributed by atoms with Crippen LogP contribution in [0.2, 0.25) is 0 Å². The molecule has 1 fully saturated rings. The largest absolute Gasteiger partial charge is 0.481 e. The Labute approximate surface area is 121 Å². The van der Waals surface area contributed by atoms with E-state index in [-0.39, 0.29) is 12.5 Å². The first-order valence-corrected chi connectivity index (χ1v) is 7.27. The monoisotopic (exact) mass is 298 g/mol. The fourth-order valence-electron chi connectivity index (χ4n) is 2.08. The number of thiophene rings is 1. The number of hydrogen-bond donors (Lipinski definition) is 2. The quantitative estimate of drug-likeness (QED) is 0.881. The molecule has 1 aliphatic heterocycles. The molecule has 6 nitrogen and oxygen atoms in total. The van der Waals surface area contributed by atoms with Gasteiger partial charge in [0.25, 0.3) is 0 Å². The standard InChI is InChI=1S/C13H18N2O4S/c1-9-2-3-11(20-9)7-14-13(18)15-4-5-19-10(8-15)6-12(16)17/h2-3,10H,4-8H2,1H3,(H,14,18)(H,16,17). The molecule has 2 heterocycles. The van der Waals surface area contributed by atoms with E-state index in [1.165, 1.54) is 4.88 Å².